The lowest BCUT2D eigenvalue weighted by molar-refractivity contribution is 0.0342. The van der Waals surface area contributed by atoms with E-state index in [2.05, 4.69) is 22.3 Å². The minimum Gasteiger partial charge on any atom is -0.379 e. The van der Waals surface area contributed by atoms with Crippen LogP contribution in [-0.2, 0) is 23.9 Å². The molecule has 40 heavy (non-hydrogen) atoms. The van der Waals surface area contributed by atoms with Crippen molar-refractivity contribution in [2.24, 2.45) is 7.05 Å². The Bertz CT molecular complexity index is 1640. The first kappa shape index (κ1) is 26.6. The molecular formula is C32H33ClN4O3. The van der Waals surface area contributed by atoms with Crippen LogP contribution in [-0.4, -0.2) is 59.5 Å². The molecule has 0 amide bonds. The summed E-state index contributed by atoms with van der Waals surface area (Å²) in [5, 5.41) is 17.4. The van der Waals surface area contributed by atoms with Crippen molar-refractivity contribution in [1.29, 1.82) is 0 Å². The number of hydrogen-bond acceptors (Lipinski definition) is 6. The van der Waals surface area contributed by atoms with Gasteiger partial charge >= 0.3 is 0 Å². The molecule has 8 heteroatoms. The SMILES string of the molecule is CN1CNC=C1C(O)(c1ccc(CN2CCOCC2)cc1)c1ccc2c(c1)c(-c1cccc(Cl)c1)cc(=O)n2C. The Morgan fingerprint density at radius 1 is 0.975 bits per heavy atom. The van der Waals surface area contributed by atoms with Gasteiger partial charge in [0, 0.05) is 56.4 Å². The quantitative estimate of drug-likeness (QED) is 0.370. The maximum absolute atomic E-state index is 12.9. The summed E-state index contributed by atoms with van der Waals surface area (Å²) in [6.07, 6.45) is 1.88. The predicted molar refractivity (Wildman–Crippen MR) is 159 cm³/mol. The van der Waals surface area contributed by atoms with E-state index in [4.69, 9.17) is 16.3 Å². The van der Waals surface area contributed by atoms with Gasteiger partial charge in [0.25, 0.3) is 5.56 Å². The number of fused-ring (bicyclic) bond motifs is 1. The highest BCUT2D eigenvalue weighted by molar-refractivity contribution is 6.30. The lowest BCUT2D eigenvalue weighted by Crippen LogP contribution is -2.37. The second-order valence-corrected chi connectivity index (χ2v) is 11.0. The van der Waals surface area contributed by atoms with Crippen molar-refractivity contribution < 1.29 is 9.84 Å². The van der Waals surface area contributed by atoms with E-state index >= 15 is 0 Å². The molecule has 2 aliphatic heterocycles. The average Bonchev–Trinajstić information content (AvgIpc) is 3.41. The molecule has 0 aliphatic carbocycles. The molecule has 1 saturated heterocycles. The van der Waals surface area contributed by atoms with E-state index in [0.29, 0.717) is 17.3 Å². The zero-order chi connectivity index (χ0) is 27.9. The maximum Gasteiger partial charge on any atom is 0.251 e. The van der Waals surface area contributed by atoms with Gasteiger partial charge in [-0.3, -0.25) is 9.69 Å². The number of morpholine rings is 1. The molecule has 4 aromatic rings. The molecular weight excluding hydrogens is 524 g/mol. The summed E-state index contributed by atoms with van der Waals surface area (Å²) in [5.74, 6) is 0. The van der Waals surface area contributed by atoms with Crippen molar-refractivity contribution in [2.45, 2.75) is 12.1 Å². The summed E-state index contributed by atoms with van der Waals surface area (Å²) in [5.41, 5.74) is 4.30. The second-order valence-electron chi connectivity index (χ2n) is 10.6. The van der Waals surface area contributed by atoms with E-state index < -0.39 is 5.60 Å². The highest BCUT2D eigenvalue weighted by atomic mass is 35.5. The summed E-state index contributed by atoms with van der Waals surface area (Å²) in [7, 11) is 3.73. The monoisotopic (exact) mass is 556 g/mol. The number of ether oxygens (including phenoxy) is 1. The largest absolute Gasteiger partial charge is 0.379 e. The first-order valence-corrected chi connectivity index (χ1v) is 13.9. The number of nitrogens with zero attached hydrogens (tertiary/aromatic N) is 3. The van der Waals surface area contributed by atoms with Crippen LogP contribution in [0.15, 0.2) is 89.5 Å². The molecule has 1 atom stereocenters. The number of hydrogen-bond donors (Lipinski definition) is 2. The van der Waals surface area contributed by atoms with E-state index in [1.807, 2.05) is 72.7 Å². The van der Waals surface area contributed by atoms with Crippen LogP contribution in [0.5, 0.6) is 0 Å². The lowest BCUT2D eigenvalue weighted by Gasteiger charge is -2.35. The lowest BCUT2D eigenvalue weighted by atomic mass is 9.82. The summed E-state index contributed by atoms with van der Waals surface area (Å²) < 4.78 is 7.12. The molecule has 1 aromatic heterocycles. The van der Waals surface area contributed by atoms with Gasteiger partial charge in [0.15, 0.2) is 5.60 Å². The Kier molecular flexibility index (Phi) is 7.15. The fourth-order valence-electron chi connectivity index (χ4n) is 5.77. The molecule has 1 fully saturated rings. The van der Waals surface area contributed by atoms with Gasteiger partial charge in [-0.05, 0) is 52.1 Å². The van der Waals surface area contributed by atoms with Gasteiger partial charge in [-0.2, -0.15) is 0 Å². The van der Waals surface area contributed by atoms with Gasteiger partial charge in [-0.25, -0.2) is 0 Å². The number of aryl methyl sites for hydroxylation is 1. The number of rotatable bonds is 6. The zero-order valence-corrected chi connectivity index (χ0v) is 23.5. The van der Waals surface area contributed by atoms with Crippen LogP contribution in [0.3, 0.4) is 0 Å². The van der Waals surface area contributed by atoms with Crippen LogP contribution in [0.4, 0.5) is 0 Å². The van der Waals surface area contributed by atoms with Crippen molar-refractivity contribution in [3.63, 3.8) is 0 Å². The normalized spacial score (nSPS) is 17.5. The van der Waals surface area contributed by atoms with Gasteiger partial charge in [0.05, 0.1) is 31.1 Å². The zero-order valence-electron chi connectivity index (χ0n) is 22.7. The van der Waals surface area contributed by atoms with Crippen molar-refractivity contribution in [3.05, 3.63) is 117 Å². The molecule has 2 aliphatic rings. The molecule has 0 radical (unpaired) electrons. The number of benzene rings is 3. The molecule has 2 N–H and O–H groups in total. The number of aliphatic hydroxyl groups is 1. The Morgan fingerprint density at radius 2 is 1.73 bits per heavy atom. The maximum atomic E-state index is 12.9. The van der Waals surface area contributed by atoms with Crippen molar-refractivity contribution >= 4 is 22.5 Å². The van der Waals surface area contributed by atoms with E-state index in [-0.39, 0.29) is 5.56 Å². The van der Waals surface area contributed by atoms with Crippen LogP contribution in [0.1, 0.15) is 16.7 Å². The highest BCUT2D eigenvalue weighted by Crippen LogP contribution is 2.41. The molecule has 0 bridgehead atoms. The fourth-order valence-corrected chi connectivity index (χ4v) is 5.96. The summed E-state index contributed by atoms with van der Waals surface area (Å²) in [6, 6.07) is 23.2. The minimum atomic E-state index is -1.43. The van der Waals surface area contributed by atoms with Crippen molar-refractivity contribution in [3.8, 4) is 11.1 Å². The molecule has 1 unspecified atom stereocenters. The van der Waals surface area contributed by atoms with Crippen molar-refractivity contribution in [2.75, 3.05) is 40.0 Å². The van der Waals surface area contributed by atoms with Gasteiger partial charge in [-0.15, -0.1) is 0 Å². The van der Waals surface area contributed by atoms with Gasteiger partial charge in [0.1, 0.15) is 0 Å². The van der Waals surface area contributed by atoms with Crippen LogP contribution < -0.4 is 10.9 Å². The van der Waals surface area contributed by atoms with E-state index in [1.165, 1.54) is 5.56 Å². The topological polar surface area (TPSA) is 70.0 Å². The van der Waals surface area contributed by atoms with E-state index in [9.17, 15) is 9.90 Å². The standard InChI is InChI=1S/C32H33ClN4O3/c1-35-21-34-19-30(35)32(39,24-8-6-22(7-9-24)20-37-12-14-40-15-13-37)25-10-11-29-28(17-25)27(18-31(38)36(29)2)23-4-3-5-26(33)16-23/h3-11,16-19,34,39H,12-15,20-21H2,1-2H3. The minimum absolute atomic E-state index is 0.108. The first-order valence-electron chi connectivity index (χ1n) is 13.5. The number of aromatic nitrogens is 1. The fraction of sp³-hybridized carbons (Fsp3) is 0.281. The Hall–Kier alpha value is -3.62. The Morgan fingerprint density at radius 3 is 2.42 bits per heavy atom. The third-order valence-electron chi connectivity index (χ3n) is 8.03. The molecule has 6 rings (SSSR count). The third kappa shape index (κ3) is 4.80. The number of halogens is 1. The number of nitrogens with one attached hydrogen (secondary N) is 1. The highest BCUT2D eigenvalue weighted by Gasteiger charge is 2.40. The first-order chi connectivity index (χ1) is 19.3. The smallest absolute Gasteiger partial charge is 0.251 e. The van der Waals surface area contributed by atoms with Crippen LogP contribution in [0, 0.1) is 0 Å². The molecule has 3 aromatic carbocycles. The molecule has 7 nitrogen and oxygen atoms in total. The molecule has 0 saturated carbocycles. The van der Waals surface area contributed by atoms with E-state index in [0.717, 1.165) is 66.1 Å². The third-order valence-corrected chi connectivity index (χ3v) is 8.27. The van der Waals surface area contributed by atoms with Crippen molar-refractivity contribution in [1.82, 2.24) is 19.7 Å². The molecule has 206 valence electrons. The van der Waals surface area contributed by atoms with Crippen LogP contribution in [0.25, 0.3) is 22.0 Å². The molecule has 0 spiro atoms. The number of pyridine rings is 1. The van der Waals surface area contributed by atoms with Crippen LogP contribution in [0.2, 0.25) is 5.02 Å². The molecule has 3 heterocycles. The van der Waals surface area contributed by atoms with Gasteiger partial charge in [0.2, 0.25) is 0 Å². The van der Waals surface area contributed by atoms with Crippen LogP contribution >= 0.6 is 11.6 Å². The summed E-state index contributed by atoms with van der Waals surface area (Å²) in [6.45, 7) is 4.81. The average molecular weight is 557 g/mol. The summed E-state index contributed by atoms with van der Waals surface area (Å²) >= 11 is 6.32. The Labute approximate surface area is 238 Å². The van der Waals surface area contributed by atoms with Gasteiger partial charge in [-0.1, -0.05) is 54.1 Å². The summed E-state index contributed by atoms with van der Waals surface area (Å²) in [4.78, 5) is 17.3. The number of likely N-dealkylation sites (N-methyl/N-ethyl adjacent to an activating group) is 1. The Balaban J connectivity index is 1.49. The second kappa shape index (κ2) is 10.7. The predicted octanol–water partition coefficient (Wildman–Crippen LogP) is 4.26. The van der Waals surface area contributed by atoms with Gasteiger partial charge < -0.3 is 24.6 Å². The van der Waals surface area contributed by atoms with E-state index in [1.54, 1.807) is 17.7 Å².